The summed E-state index contributed by atoms with van der Waals surface area (Å²) in [6.07, 6.45) is 8.50. The van der Waals surface area contributed by atoms with Gasteiger partial charge in [0, 0.05) is 35.8 Å². The monoisotopic (exact) mass is 529 g/mol. The number of fused-ring (bicyclic) bond motifs is 1. The summed E-state index contributed by atoms with van der Waals surface area (Å²) in [7, 11) is 0. The molecule has 0 radical (unpaired) electrons. The first-order chi connectivity index (χ1) is 17.3. The zero-order valence-corrected chi connectivity index (χ0v) is 21.8. The van der Waals surface area contributed by atoms with Crippen LogP contribution in [0.2, 0.25) is 10.0 Å². The van der Waals surface area contributed by atoms with Crippen LogP contribution in [-0.2, 0) is 0 Å². The molecule has 0 spiro atoms. The first kappa shape index (κ1) is 25.2. The van der Waals surface area contributed by atoms with Gasteiger partial charge in [0.1, 0.15) is 5.82 Å². The molecule has 1 aliphatic heterocycles. The molecule has 0 unspecified atom stereocenters. The number of carbonyl (C=O) groups excluding carboxylic acids is 1. The van der Waals surface area contributed by atoms with Crippen molar-refractivity contribution in [3.8, 4) is 16.9 Å². The molecule has 1 saturated heterocycles. The van der Waals surface area contributed by atoms with Crippen LogP contribution in [0.25, 0.3) is 22.0 Å². The number of aromatic nitrogens is 1. The van der Waals surface area contributed by atoms with Gasteiger partial charge in [-0.1, -0.05) is 23.2 Å². The van der Waals surface area contributed by atoms with E-state index in [1.807, 2.05) is 0 Å². The number of benzene rings is 2. The minimum Gasteiger partial charge on any atom is -0.505 e. The minimum atomic E-state index is -0.489. The van der Waals surface area contributed by atoms with Crippen molar-refractivity contribution in [3.63, 3.8) is 0 Å². The van der Waals surface area contributed by atoms with Gasteiger partial charge in [0.2, 0.25) is 0 Å². The molecular formula is C28H30Cl2FN3O2. The Kier molecular flexibility index (Phi) is 7.38. The van der Waals surface area contributed by atoms with Gasteiger partial charge in [-0.25, -0.2) is 4.39 Å². The Morgan fingerprint density at radius 3 is 2.42 bits per heavy atom. The fraction of sp³-hybridized carbons (Fsp3) is 0.429. The van der Waals surface area contributed by atoms with Crippen LogP contribution in [0.1, 0.15) is 55.8 Å². The van der Waals surface area contributed by atoms with Gasteiger partial charge >= 0.3 is 0 Å². The lowest BCUT2D eigenvalue weighted by molar-refractivity contribution is 0.101. The summed E-state index contributed by atoms with van der Waals surface area (Å²) in [6.45, 7) is 5.15. The lowest BCUT2D eigenvalue weighted by atomic mass is 9.85. The molecule has 1 aromatic heterocycles. The highest BCUT2D eigenvalue weighted by atomic mass is 35.5. The fourth-order valence-electron chi connectivity index (χ4n) is 5.60. The Morgan fingerprint density at radius 2 is 1.78 bits per heavy atom. The van der Waals surface area contributed by atoms with E-state index < -0.39 is 5.82 Å². The number of phenols is 1. The number of halogens is 3. The quantitative estimate of drug-likeness (QED) is 0.327. The van der Waals surface area contributed by atoms with Gasteiger partial charge in [-0.05, 0) is 88.2 Å². The van der Waals surface area contributed by atoms with Crippen molar-refractivity contribution in [3.05, 3.63) is 51.9 Å². The Balaban J connectivity index is 1.46. The lowest BCUT2D eigenvalue weighted by Crippen LogP contribution is -2.33. The fourth-order valence-corrected chi connectivity index (χ4v) is 6.09. The summed E-state index contributed by atoms with van der Waals surface area (Å²) >= 11 is 12.2. The highest BCUT2D eigenvalue weighted by molar-refractivity contribution is 6.37. The Hall–Kier alpha value is -2.41. The van der Waals surface area contributed by atoms with Gasteiger partial charge < -0.3 is 15.3 Å². The number of aromatic hydroxyl groups is 1. The molecular weight excluding hydrogens is 500 g/mol. The molecule has 0 amide bonds. The van der Waals surface area contributed by atoms with Crippen LogP contribution < -0.4 is 5.32 Å². The normalized spacial score (nSPS) is 20.7. The zero-order valence-electron chi connectivity index (χ0n) is 20.3. The molecule has 2 aliphatic rings. The van der Waals surface area contributed by atoms with Crippen molar-refractivity contribution in [1.29, 1.82) is 0 Å². The summed E-state index contributed by atoms with van der Waals surface area (Å²) in [5.41, 5.74) is 2.34. The number of carbonyl (C=O) groups is 1. The molecule has 2 heterocycles. The number of ketones is 1. The Morgan fingerprint density at radius 1 is 1.11 bits per heavy atom. The molecule has 1 saturated carbocycles. The summed E-state index contributed by atoms with van der Waals surface area (Å²) in [4.78, 5) is 19.5. The molecule has 1 aliphatic carbocycles. The number of phenolic OH excluding ortho intramolecular Hbond substituents is 1. The highest BCUT2D eigenvalue weighted by Crippen LogP contribution is 2.40. The third kappa shape index (κ3) is 5.17. The van der Waals surface area contributed by atoms with E-state index in [4.69, 9.17) is 23.2 Å². The average molecular weight is 530 g/mol. The Bertz CT molecular complexity index is 1280. The van der Waals surface area contributed by atoms with Crippen molar-refractivity contribution >= 4 is 45.6 Å². The van der Waals surface area contributed by atoms with E-state index in [2.05, 4.69) is 15.2 Å². The van der Waals surface area contributed by atoms with Crippen LogP contribution in [-0.4, -0.2) is 46.4 Å². The molecule has 3 aromatic rings. The van der Waals surface area contributed by atoms with Crippen LogP contribution in [0, 0.1) is 11.7 Å². The van der Waals surface area contributed by atoms with Crippen molar-refractivity contribution in [1.82, 2.24) is 9.88 Å². The summed E-state index contributed by atoms with van der Waals surface area (Å²) < 4.78 is 15.1. The molecule has 0 bridgehead atoms. The second-order valence-corrected chi connectivity index (χ2v) is 10.9. The topological polar surface area (TPSA) is 65.5 Å². The van der Waals surface area contributed by atoms with E-state index in [9.17, 15) is 9.90 Å². The second-order valence-electron chi connectivity index (χ2n) is 10.1. The van der Waals surface area contributed by atoms with Crippen molar-refractivity contribution < 1.29 is 14.3 Å². The number of hydrogen-bond donors (Lipinski definition) is 2. The Labute approximate surface area is 220 Å². The number of hydrogen-bond acceptors (Lipinski definition) is 5. The van der Waals surface area contributed by atoms with Crippen LogP contribution in [0.3, 0.4) is 0 Å². The molecule has 0 atom stereocenters. The number of pyridine rings is 1. The van der Waals surface area contributed by atoms with Gasteiger partial charge in [0.15, 0.2) is 11.5 Å². The summed E-state index contributed by atoms with van der Waals surface area (Å²) in [5, 5.41) is 14.3. The van der Waals surface area contributed by atoms with Crippen LogP contribution in [0.4, 0.5) is 10.1 Å². The standard InChI is InChI=1S/C28H30Cl2FN3O2/c1-16(35)22-14-32-26-13-25(31)20(18-10-23(29)28(36)24(30)11-18)12-21(26)27(22)33-19-6-4-17(5-7-19)15-34-8-2-3-9-34/h10-14,17,19,36H,2-9,15H2,1H3,(H,32,33). The lowest BCUT2D eigenvalue weighted by Gasteiger charge is -2.32. The predicted molar refractivity (Wildman–Crippen MR) is 144 cm³/mol. The largest absolute Gasteiger partial charge is 0.505 e. The van der Waals surface area contributed by atoms with E-state index in [0.717, 1.165) is 25.7 Å². The van der Waals surface area contributed by atoms with Crippen LogP contribution in [0.15, 0.2) is 30.5 Å². The van der Waals surface area contributed by atoms with Gasteiger partial charge in [0.05, 0.1) is 26.8 Å². The number of Topliss-reactive ketones (excluding diaryl/α,β-unsaturated/α-hetero) is 1. The van der Waals surface area contributed by atoms with E-state index in [-0.39, 0.29) is 33.2 Å². The SMILES string of the molecule is CC(=O)c1cnc2cc(F)c(-c3cc(Cl)c(O)c(Cl)c3)cc2c1NC1CCC(CN2CCCC2)CC1. The maximum atomic E-state index is 15.1. The third-order valence-corrected chi connectivity index (χ3v) is 8.15. The van der Waals surface area contributed by atoms with E-state index in [1.165, 1.54) is 63.8 Å². The zero-order chi connectivity index (χ0) is 25.4. The number of likely N-dealkylation sites (tertiary alicyclic amines) is 1. The third-order valence-electron chi connectivity index (χ3n) is 7.57. The molecule has 190 valence electrons. The van der Waals surface area contributed by atoms with Gasteiger partial charge in [-0.15, -0.1) is 0 Å². The van der Waals surface area contributed by atoms with Crippen LogP contribution in [0.5, 0.6) is 5.75 Å². The van der Waals surface area contributed by atoms with Crippen molar-refractivity contribution in [2.75, 3.05) is 25.0 Å². The van der Waals surface area contributed by atoms with Gasteiger partial charge in [-0.2, -0.15) is 0 Å². The predicted octanol–water partition coefficient (Wildman–Crippen LogP) is 7.32. The molecule has 2 N–H and O–H groups in total. The molecule has 5 nitrogen and oxygen atoms in total. The molecule has 8 heteroatoms. The van der Waals surface area contributed by atoms with E-state index in [0.29, 0.717) is 33.6 Å². The summed E-state index contributed by atoms with van der Waals surface area (Å²) in [6, 6.07) is 6.23. The number of rotatable bonds is 6. The van der Waals surface area contributed by atoms with Gasteiger partial charge in [0.25, 0.3) is 0 Å². The first-order valence-electron chi connectivity index (χ1n) is 12.6. The average Bonchev–Trinajstić information content (AvgIpc) is 3.36. The number of nitrogens with zero attached hydrogens (tertiary/aromatic N) is 2. The maximum absolute atomic E-state index is 15.1. The minimum absolute atomic E-state index is 0.0386. The summed E-state index contributed by atoms with van der Waals surface area (Å²) in [5.74, 6) is -0.119. The highest BCUT2D eigenvalue weighted by Gasteiger charge is 2.26. The number of nitrogens with one attached hydrogen (secondary N) is 1. The molecule has 5 rings (SSSR count). The maximum Gasteiger partial charge on any atom is 0.163 e. The van der Waals surface area contributed by atoms with Crippen LogP contribution >= 0.6 is 23.2 Å². The molecule has 2 fully saturated rings. The molecule has 2 aromatic carbocycles. The number of anilines is 1. The van der Waals surface area contributed by atoms with Gasteiger partial charge in [-0.3, -0.25) is 9.78 Å². The second kappa shape index (κ2) is 10.5. The van der Waals surface area contributed by atoms with Crippen molar-refractivity contribution in [2.45, 2.75) is 51.5 Å². The molecule has 36 heavy (non-hydrogen) atoms. The first-order valence-corrected chi connectivity index (χ1v) is 13.4. The van der Waals surface area contributed by atoms with Crippen molar-refractivity contribution in [2.24, 2.45) is 5.92 Å². The van der Waals surface area contributed by atoms with E-state index >= 15 is 4.39 Å². The smallest absolute Gasteiger partial charge is 0.163 e. The van der Waals surface area contributed by atoms with E-state index in [1.54, 1.807) is 6.07 Å².